The number of hydrogen-bond donors (Lipinski definition) is 3. The molecule has 1 aromatic heterocycles. The number of amides is 2. The van der Waals surface area contributed by atoms with Crippen LogP contribution in [-0.2, 0) is 11.8 Å². The molecule has 0 fully saturated rings. The van der Waals surface area contributed by atoms with Crippen LogP contribution >= 0.6 is 0 Å². The number of rotatable bonds is 5. The second-order valence-corrected chi connectivity index (χ2v) is 6.49. The Morgan fingerprint density at radius 1 is 1.30 bits per heavy atom. The molecule has 2 amide bonds. The van der Waals surface area contributed by atoms with Gasteiger partial charge in [0.1, 0.15) is 5.76 Å². The van der Waals surface area contributed by atoms with E-state index in [1.165, 1.54) is 0 Å². The molecule has 0 aliphatic heterocycles. The first-order chi connectivity index (χ1) is 10.9. The molecular formula is C17H23N3O3. The number of anilines is 1. The van der Waals surface area contributed by atoms with E-state index in [-0.39, 0.29) is 18.1 Å². The molecule has 0 unspecified atom stereocenters. The lowest BCUT2D eigenvalue weighted by Crippen LogP contribution is -2.41. The van der Waals surface area contributed by atoms with Gasteiger partial charge in [0.25, 0.3) is 0 Å². The highest BCUT2D eigenvalue weighted by Gasteiger charge is 2.20. The summed E-state index contributed by atoms with van der Waals surface area (Å²) in [5.41, 5.74) is 0.868. The van der Waals surface area contributed by atoms with Gasteiger partial charge >= 0.3 is 6.03 Å². The van der Waals surface area contributed by atoms with E-state index < -0.39 is 6.03 Å². The van der Waals surface area contributed by atoms with E-state index >= 15 is 0 Å². The van der Waals surface area contributed by atoms with Crippen molar-refractivity contribution in [3.05, 3.63) is 47.7 Å². The van der Waals surface area contributed by atoms with Gasteiger partial charge in [-0.05, 0) is 12.0 Å². The summed E-state index contributed by atoms with van der Waals surface area (Å²) in [6.07, 6.45) is 0.552. The largest absolute Gasteiger partial charge is 0.394 e. The average molecular weight is 317 g/mol. The minimum atomic E-state index is -0.422. The summed E-state index contributed by atoms with van der Waals surface area (Å²) in [4.78, 5) is 12.0. The Labute approximate surface area is 135 Å². The maximum absolute atomic E-state index is 12.0. The zero-order valence-corrected chi connectivity index (χ0v) is 13.7. The van der Waals surface area contributed by atoms with Crippen molar-refractivity contribution in [1.82, 2.24) is 10.5 Å². The number of carbonyl (C=O) groups is 1. The van der Waals surface area contributed by atoms with Crippen LogP contribution in [0.15, 0.2) is 40.9 Å². The summed E-state index contributed by atoms with van der Waals surface area (Å²) in [5, 5.41) is 18.6. The standard InChI is InChI=1S/C17H23N3O3/c1-17(2,3)14-10-15(20-23-14)19-16(22)18-13(11-21)9-12-7-5-4-6-8-12/h4-8,10,13,21H,9,11H2,1-3H3,(H2,18,19,20,22)/t13-/m0/s1. The maximum atomic E-state index is 12.0. The molecule has 0 saturated heterocycles. The number of aliphatic hydroxyl groups excluding tert-OH is 1. The van der Waals surface area contributed by atoms with Crippen molar-refractivity contribution in [1.29, 1.82) is 0 Å². The Morgan fingerprint density at radius 3 is 2.57 bits per heavy atom. The van der Waals surface area contributed by atoms with E-state index in [0.29, 0.717) is 18.0 Å². The number of nitrogens with zero attached hydrogens (tertiary/aromatic N) is 1. The average Bonchev–Trinajstić information content (AvgIpc) is 2.96. The van der Waals surface area contributed by atoms with Gasteiger partial charge in [0.2, 0.25) is 0 Å². The predicted octanol–water partition coefficient (Wildman–Crippen LogP) is 2.70. The third-order valence-corrected chi connectivity index (χ3v) is 3.37. The summed E-state index contributed by atoms with van der Waals surface area (Å²) in [5.74, 6) is 1.04. The van der Waals surface area contributed by atoms with E-state index in [2.05, 4.69) is 15.8 Å². The van der Waals surface area contributed by atoms with Crippen LogP contribution in [0, 0.1) is 0 Å². The fraction of sp³-hybridized carbons (Fsp3) is 0.412. The Hall–Kier alpha value is -2.34. The topological polar surface area (TPSA) is 87.4 Å². The van der Waals surface area contributed by atoms with Crippen LogP contribution in [0.3, 0.4) is 0 Å². The van der Waals surface area contributed by atoms with E-state index in [9.17, 15) is 9.90 Å². The highest BCUT2D eigenvalue weighted by atomic mass is 16.5. The molecule has 0 saturated carbocycles. The monoisotopic (exact) mass is 317 g/mol. The Bertz CT molecular complexity index is 632. The molecule has 1 atom stereocenters. The molecule has 1 heterocycles. The summed E-state index contributed by atoms with van der Waals surface area (Å²) in [6, 6.07) is 10.6. The third kappa shape index (κ3) is 5.10. The molecule has 0 aliphatic carbocycles. The van der Waals surface area contributed by atoms with Crippen molar-refractivity contribution in [2.45, 2.75) is 38.6 Å². The van der Waals surface area contributed by atoms with Gasteiger partial charge in [-0.25, -0.2) is 4.79 Å². The van der Waals surface area contributed by atoms with Gasteiger partial charge in [0.15, 0.2) is 5.82 Å². The lowest BCUT2D eigenvalue weighted by molar-refractivity contribution is 0.224. The molecule has 0 bridgehead atoms. The van der Waals surface area contributed by atoms with Gasteiger partial charge in [0, 0.05) is 11.5 Å². The second-order valence-electron chi connectivity index (χ2n) is 6.49. The lowest BCUT2D eigenvalue weighted by Gasteiger charge is -2.16. The molecule has 6 heteroatoms. The number of hydrogen-bond acceptors (Lipinski definition) is 4. The first-order valence-corrected chi connectivity index (χ1v) is 7.58. The van der Waals surface area contributed by atoms with Crippen molar-refractivity contribution in [3.8, 4) is 0 Å². The number of aliphatic hydroxyl groups is 1. The smallest absolute Gasteiger partial charge is 0.320 e. The van der Waals surface area contributed by atoms with Gasteiger partial charge in [0.05, 0.1) is 12.6 Å². The van der Waals surface area contributed by atoms with E-state index in [4.69, 9.17) is 4.52 Å². The SMILES string of the molecule is CC(C)(C)c1cc(NC(=O)N[C@H](CO)Cc2ccccc2)no1. The van der Waals surface area contributed by atoms with Crippen molar-refractivity contribution >= 4 is 11.8 Å². The van der Waals surface area contributed by atoms with E-state index in [1.54, 1.807) is 6.07 Å². The van der Waals surface area contributed by atoms with Crippen LogP contribution in [0.5, 0.6) is 0 Å². The van der Waals surface area contributed by atoms with Crippen LogP contribution < -0.4 is 10.6 Å². The maximum Gasteiger partial charge on any atom is 0.320 e. The number of carbonyl (C=O) groups excluding carboxylic acids is 1. The number of benzene rings is 1. The van der Waals surface area contributed by atoms with Gasteiger partial charge in [-0.1, -0.05) is 56.3 Å². The highest BCUT2D eigenvalue weighted by Crippen LogP contribution is 2.24. The Morgan fingerprint density at radius 2 is 2.00 bits per heavy atom. The first kappa shape index (κ1) is 17.0. The number of urea groups is 1. The van der Waals surface area contributed by atoms with Gasteiger partial charge in [-0.2, -0.15) is 0 Å². The molecule has 0 spiro atoms. The van der Waals surface area contributed by atoms with Crippen LogP contribution in [-0.4, -0.2) is 28.9 Å². The quantitative estimate of drug-likeness (QED) is 0.791. The zero-order chi connectivity index (χ0) is 16.9. The summed E-state index contributed by atoms with van der Waals surface area (Å²) < 4.78 is 5.22. The normalized spacial score (nSPS) is 12.7. The fourth-order valence-corrected chi connectivity index (χ4v) is 2.09. The van der Waals surface area contributed by atoms with Crippen LogP contribution in [0.25, 0.3) is 0 Å². The molecule has 6 nitrogen and oxygen atoms in total. The molecule has 23 heavy (non-hydrogen) atoms. The van der Waals surface area contributed by atoms with Crippen molar-refractivity contribution in [3.63, 3.8) is 0 Å². The Kier molecular flexibility index (Phi) is 5.39. The third-order valence-electron chi connectivity index (χ3n) is 3.37. The molecule has 124 valence electrons. The van der Waals surface area contributed by atoms with Gasteiger partial charge < -0.3 is 14.9 Å². The fourth-order valence-electron chi connectivity index (χ4n) is 2.09. The van der Waals surface area contributed by atoms with Gasteiger partial charge in [-0.3, -0.25) is 5.32 Å². The Balaban J connectivity index is 1.91. The van der Waals surface area contributed by atoms with E-state index in [0.717, 1.165) is 5.56 Å². The molecular weight excluding hydrogens is 294 g/mol. The molecule has 0 aliphatic rings. The minimum absolute atomic E-state index is 0.144. The molecule has 2 rings (SSSR count). The lowest BCUT2D eigenvalue weighted by atomic mass is 9.93. The van der Waals surface area contributed by atoms with Crippen molar-refractivity contribution < 1.29 is 14.4 Å². The van der Waals surface area contributed by atoms with Crippen LogP contribution in [0.4, 0.5) is 10.6 Å². The van der Waals surface area contributed by atoms with Crippen LogP contribution in [0.2, 0.25) is 0 Å². The molecule has 0 radical (unpaired) electrons. The van der Waals surface area contributed by atoms with Gasteiger partial charge in [-0.15, -0.1) is 0 Å². The van der Waals surface area contributed by atoms with Crippen molar-refractivity contribution in [2.24, 2.45) is 0 Å². The predicted molar refractivity (Wildman–Crippen MR) is 88.4 cm³/mol. The minimum Gasteiger partial charge on any atom is -0.394 e. The zero-order valence-electron chi connectivity index (χ0n) is 13.7. The summed E-state index contributed by atoms with van der Waals surface area (Å²) >= 11 is 0. The van der Waals surface area contributed by atoms with Crippen molar-refractivity contribution in [2.75, 3.05) is 11.9 Å². The highest BCUT2D eigenvalue weighted by molar-refractivity contribution is 5.88. The summed E-state index contributed by atoms with van der Waals surface area (Å²) in [6.45, 7) is 5.85. The number of nitrogens with one attached hydrogen (secondary N) is 2. The molecule has 2 aromatic rings. The number of aromatic nitrogens is 1. The van der Waals surface area contributed by atoms with E-state index in [1.807, 2.05) is 51.1 Å². The molecule has 1 aromatic carbocycles. The molecule has 3 N–H and O–H groups in total. The summed E-state index contributed by atoms with van der Waals surface area (Å²) in [7, 11) is 0. The van der Waals surface area contributed by atoms with Crippen LogP contribution in [0.1, 0.15) is 32.1 Å². The second kappa shape index (κ2) is 7.28. The first-order valence-electron chi connectivity index (χ1n) is 7.58.